The maximum absolute atomic E-state index is 13.1. The predicted molar refractivity (Wildman–Crippen MR) is 140 cm³/mol. The van der Waals surface area contributed by atoms with Gasteiger partial charge in [-0.2, -0.15) is 0 Å². The van der Waals surface area contributed by atoms with Gasteiger partial charge >= 0.3 is 0 Å². The zero-order valence-electron chi connectivity index (χ0n) is 19.2. The lowest BCUT2D eigenvalue weighted by Crippen LogP contribution is -2.15. The number of anilines is 3. The van der Waals surface area contributed by atoms with Gasteiger partial charge < -0.3 is 21.5 Å². The molecule has 35 heavy (non-hydrogen) atoms. The Morgan fingerprint density at radius 1 is 0.914 bits per heavy atom. The molecule has 0 aliphatic rings. The fourth-order valence-corrected chi connectivity index (χ4v) is 4.23. The highest BCUT2D eigenvalue weighted by molar-refractivity contribution is 7.84. The first-order chi connectivity index (χ1) is 16.9. The number of amides is 1. The van der Waals surface area contributed by atoms with Gasteiger partial charge in [-0.1, -0.05) is 48.5 Å². The molecule has 4 rings (SSSR count). The summed E-state index contributed by atoms with van der Waals surface area (Å²) in [5.41, 5.74) is 16.2. The number of aromatic nitrogens is 1. The highest BCUT2D eigenvalue weighted by Gasteiger charge is 2.16. The van der Waals surface area contributed by atoms with Crippen molar-refractivity contribution in [2.24, 2.45) is 0 Å². The van der Waals surface area contributed by atoms with Crippen LogP contribution in [0.1, 0.15) is 21.5 Å². The van der Waals surface area contributed by atoms with Crippen LogP contribution in [0.2, 0.25) is 0 Å². The number of nitrogens with one attached hydrogen (secondary N) is 1. The van der Waals surface area contributed by atoms with E-state index in [0.29, 0.717) is 46.3 Å². The summed E-state index contributed by atoms with van der Waals surface area (Å²) in [4.78, 5) is 17.8. The van der Waals surface area contributed by atoms with Crippen molar-refractivity contribution in [1.82, 2.24) is 4.98 Å². The molecule has 3 aromatic carbocycles. The molecule has 0 saturated heterocycles. The fraction of sp³-hybridized carbons (Fsp3) is 0.111. The van der Waals surface area contributed by atoms with Crippen LogP contribution in [-0.2, 0) is 28.8 Å². The van der Waals surface area contributed by atoms with Crippen LogP contribution in [0.25, 0.3) is 11.3 Å². The Hall–Kier alpha value is -4.01. The summed E-state index contributed by atoms with van der Waals surface area (Å²) in [5, 5.41) is 2.88. The number of carbonyl (C=O) groups is 1. The number of benzene rings is 3. The normalized spacial score (nSPS) is 11.7. The van der Waals surface area contributed by atoms with Gasteiger partial charge in [0.15, 0.2) is 0 Å². The van der Waals surface area contributed by atoms with E-state index >= 15 is 0 Å². The monoisotopic (exact) mass is 486 g/mol. The van der Waals surface area contributed by atoms with Gasteiger partial charge in [0.1, 0.15) is 5.82 Å². The SMILES string of the molecule is CS(=O)c1ccc(-c2ccc(N)c(N)n2)cc1C(=O)Nc1ccc(COCc2ccccc2)cc1. The van der Waals surface area contributed by atoms with E-state index in [1.165, 1.54) is 6.26 Å². The Kier molecular flexibility index (Phi) is 7.54. The summed E-state index contributed by atoms with van der Waals surface area (Å²) in [6, 6.07) is 25.9. The van der Waals surface area contributed by atoms with Crippen molar-refractivity contribution >= 4 is 33.9 Å². The molecule has 1 aromatic heterocycles. The second kappa shape index (κ2) is 10.9. The lowest BCUT2D eigenvalue weighted by atomic mass is 10.1. The van der Waals surface area contributed by atoms with Crippen molar-refractivity contribution in [1.29, 1.82) is 0 Å². The minimum atomic E-state index is -1.36. The first kappa shape index (κ1) is 24.1. The van der Waals surface area contributed by atoms with Crippen molar-refractivity contribution in [3.63, 3.8) is 0 Å². The molecule has 1 unspecified atom stereocenters. The number of rotatable bonds is 8. The van der Waals surface area contributed by atoms with Crippen LogP contribution in [0.4, 0.5) is 17.2 Å². The van der Waals surface area contributed by atoms with Crippen LogP contribution >= 0.6 is 0 Å². The van der Waals surface area contributed by atoms with Gasteiger partial charge in [-0.25, -0.2) is 4.98 Å². The number of pyridine rings is 1. The number of nitrogens with zero attached hydrogens (tertiary/aromatic N) is 1. The first-order valence-corrected chi connectivity index (χ1v) is 12.5. The predicted octanol–water partition coefficient (Wildman–Crippen LogP) is 4.62. The number of hydrogen-bond donors (Lipinski definition) is 3. The second-order valence-corrected chi connectivity index (χ2v) is 9.31. The molecule has 0 radical (unpaired) electrons. The van der Waals surface area contributed by atoms with Gasteiger partial charge in [0.2, 0.25) is 0 Å². The minimum absolute atomic E-state index is 0.212. The van der Waals surface area contributed by atoms with E-state index in [-0.39, 0.29) is 11.7 Å². The van der Waals surface area contributed by atoms with Crippen molar-refractivity contribution in [2.75, 3.05) is 23.0 Å². The van der Waals surface area contributed by atoms with Crippen molar-refractivity contribution in [2.45, 2.75) is 18.1 Å². The molecule has 0 spiro atoms. The molecule has 5 N–H and O–H groups in total. The smallest absolute Gasteiger partial charge is 0.256 e. The van der Waals surface area contributed by atoms with Gasteiger partial charge in [0, 0.05) is 17.5 Å². The zero-order chi connectivity index (χ0) is 24.8. The lowest BCUT2D eigenvalue weighted by Gasteiger charge is -2.12. The van der Waals surface area contributed by atoms with Crippen LogP contribution in [0.3, 0.4) is 0 Å². The van der Waals surface area contributed by atoms with E-state index in [1.807, 2.05) is 54.6 Å². The van der Waals surface area contributed by atoms with Crippen LogP contribution in [0.5, 0.6) is 0 Å². The maximum atomic E-state index is 13.1. The molecule has 4 aromatic rings. The van der Waals surface area contributed by atoms with E-state index in [2.05, 4.69) is 10.3 Å². The van der Waals surface area contributed by atoms with E-state index < -0.39 is 10.8 Å². The maximum Gasteiger partial charge on any atom is 0.256 e. The molecule has 0 saturated carbocycles. The summed E-state index contributed by atoms with van der Waals surface area (Å²) in [6.45, 7) is 0.989. The molecule has 0 bridgehead atoms. The Balaban J connectivity index is 1.47. The van der Waals surface area contributed by atoms with E-state index in [0.717, 1.165) is 11.1 Å². The highest BCUT2D eigenvalue weighted by Crippen LogP contribution is 2.26. The van der Waals surface area contributed by atoms with E-state index in [4.69, 9.17) is 16.2 Å². The van der Waals surface area contributed by atoms with Crippen molar-refractivity contribution in [3.8, 4) is 11.3 Å². The fourth-order valence-electron chi connectivity index (χ4n) is 3.51. The number of carbonyl (C=O) groups excluding carboxylic acids is 1. The lowest BCUT2D eigenvalue weighted by molar-refractivity contribution is 0.102. The van der Waals surface area contributed by atoms with E-state index in [9.17, 15) is 9.00 Å². The summed E-state index contributed by atoms with van der Waals surface area (Å²) in [6.07, 6.45) is 1.54. The van der Waals surface area contributed by atoms with Gasteiger partial charge in [-0.3, -0.25) is 9.00 Å². The molecule has 1 atom stereocenters. The second-order valence-electron chi connectivity index (χ2n) is 7.97. The largest absolute Gasteiger partial charge is 0.396 e. The van der Waals surface area contributed by atoms with Crippen molar-refractivity contribution < 1.29 is 13.7 Å². The average Bonchev–Trinajstić information content (AvgIpc) is 2.87. The topological polar surface area (TPSA) is 120 Å². The number of ether oxygens (including phenoxy) is 1. The molecule has 0 fully saturated rings. The molecule has 0 aliphatic carbocycles. The average molecular weight is 487 g/mol. The molecule has 8 heteroatoms. The summed E-state index contributed by atoms with van der Waals surface area (Å²) in [7, 11) is -1.36. The number of hydrogen-bond acceptors (Lipinski definition) is 6. The van der Waals surface area contributed by atoms with Gasteiger partial charge in [0.25, 0.3) is 5.91 Å². The summed E-state index contributed by atoms with van der Waals surface area (Å²) < 4.78 is 18.0. The third-order valence-electron chi connectivity index (χ3n) is 5.38. The molecular weight excluding hydrogens is 460 g/mol. The molecular formula is C27H26N4O3S. The Morgan fingerprint density at radius 2 is 1.60 bits per heavy atom. The van der Waals surface area contributed by atoms with Gasteiger partial charge in [0.05, 0.1) is 45.9 Å². The third kappa shape index (κ3) is 6.11. The van der Waals surface area contributed by atoms with Crippen molar-refractivity contribution in [3.05, 3.63) is 102 Å². The Morgan fingerprint density at radius 3 is 2.26 bits per heavy atom. The van der Waals surface area contributed by atoms with Crippen LogP contribution in [0.15, 0.2) is 89.8 Å². The molecule has 0 aliphatic heterocycles. The summed E-state index contributed by atoms with van der Waals surface area (Å²) >= 11 is 0. The van der Waals surface area contributed by atoms with E-state index in [1.54, 1.807) is 30.3 Å². The van der Waals surface area contributed by atoms with Gasteiger partial charge in [-0.05, 0) is 47.5 Å². The van der Waals surface area contributed by atoms with Crippen LogP contribution in [0, 0.1) is 0 Å². The molecule has 7 nitrogen and oxygen atoms in total. The van der Waals surface area contributed by atoms with Crippen LogP contribution < -0.4 is 16.8 Å². The Labute approximate surface area is 206 Å². The first-order valence-electron chi connectivity index (χ1n) is 10.9. The number of nitrogen functional groups attached to an aromatic ring is 2. The highest BCUT2D eigenvalue weighted by atomic mass is 32.2. The third-order valence-corrected chi connectivity index (χ3v) is 6.35. The summed E-state index contributed by atoms with van der Waals surface area (Å²) in [5.74, 6) is -0.155. The molecule has 1 heterocycles. The van der Waals surface area contributed by atoms with Gasteiger partial charge in [-0.15, -0.1) is 0 Å². The molecule has 1 amide bonds. The standard InChI is InChI=1S/C27H26N4O3S/c1-35(33)25-14-9-20(24-13-12-23(28)26(29)31-24)15-22(25)27(32)30-21-10-7-19(8-11-21)17-34-16-18-5-3-2-4-6-18/h2-15H,16-17,28H2,1H3,(H2,29,31)(H,30,32). The molecule has 178 valence electrons. The quantitative estimate of drug-likeness (QED) is 0.334. The Bertz CT molecular complexity index is 1360. The van der Waals surface area contributed by atoms with Crippen LogP contribution in [-0.4, -0.2) is 21.4 Å². The zero-order valence-corrected chi connectivity index (χ0v) is 20.0. The minimum Gasteiger partial charge on any atom is -0.396 e. The number of nitrogens with two attached hydrogens (primary N) is 2.